The van der Waals surface area contributed by atoms with Crippen LogP contribution in [0.1, 0.15) is 73.4 Å². The molecule has 7 heteroatoms. The molecule has 4 aliphatic rings. The van der Waals surface area contributed by atoms with Gasteiger partial charge in [-0.25, -0.2) is 4.98 Å². The lowest BCUT2D eigenvalue weighted by Gasteiger charge is -2.43. The highest BCUT2D eigenvalue weighted by molar-refractivity contribution is 5.79. The summed E-state index contributed by atoms with van der Waals surface area (Å²) >= 11 is 0. The first kappa shape index (κ1) is 24.1. The van der Waals surface area contributed by atoms with E-state index in [-0.39, 0.29) is 18.1 Å². The number of piperazine rings is 1. The summed E-state index contributed by atoms with van der Waals surface area (Å²) in [4.78, 5) is 27.3. The summed E-state index contributed by atoms with van der Waals surface area (Å²) < 4.78 is 5.75. The molecule has 7 nitrogen and oxygen atoms in total. The van der Waals surface area contributed by atoms with E-state index in [1.165, 1.54) is 12.8 Å². The van der Waals surface area contributed by atoms with Crippen LogP contribution in [0.4, 0.5) is 5.82 Å². The summed E-state index contributed by atoms with van der Waals surface area (Å²) in [6, 6.07) is 6.71. The molecular formula is C30H35N5O2. The van der Waals surface area contributed by atoms with Crippen LogP contribution < -0.4 is 4.90 Å². The first-order valence-corrected chi connectivity index (χ1v) is 13.8. The van der Waals surface area contributed by atoms with Gasteiger partial charge >= 0.3 is 0 Å². The van der Waals surface area contributed by atoms with Crippen LogP contribution in [0.5, 0.6) is 0 Å². The Morgan fingerprint density at radius 1 is 1.27 bits per heavy atom. The molecule has 2 saturated carbocycles. The minimum atomic E-state index is 0.0725. The maximum atomic E-state index is 13.3. The summed E-state index contributed by atoms with van der Waals surface area (Å²) in [7, 11) is 0. The summed E-state index contributed by atoms with van der Waals surface area (Å²) in [5, 5.41) is 10.3. The fourth-order valence-corrected chi connectivity index (χ4v) is 6.12. The van der Waals surface area contributed by atoms with E-state index < -0.39 is 0 Å². The van der Waals surface area contributed by atoms with Gasteiger partial charge in [-0.3, -0.25) is 9.78 Å². The standard InChI is InChI=1S/C30H35N5O2/c1-3-23-15-22(10-11-32-23)28-19(2)25(17-31)30(33-29(28)21-8-9-21)34-12-13-35(26(18-34)20-6-7-20)27(36)16-24-5-4-14-37-24/h3,10-11,15,20-21,24,26H,1,4-9,12-14,16,18H2,2H3/t24?,26-/m0/s1. The number of hydrogen-bond donors (Lipinski definition) is 0. The van der Waals surface area contributed by atoms with E-state index in [1.54, 1.807) is 12.3 Å². The molecular weight excluding hydrogens is 462 g/mol. The number of rotatable bonds is 7. The second-order valence-corrected chi connectivity index (χ2v) is 11.0. The smallest absolute Gasteiger partial charge is 0.225 e. The SMILES string of the molecule is C=Cc1cc(-c2c(C3CC3)nc(N3CCN(C(=O)CC4CCCO4)[C@H](C4CC4)C3)c(C#N)c2C)ccn1. The number of anilines is 1. The third-order valence-corrected chi connectivity index (χ3v) is 8.44. The van der Waals surface area contributed by atoms with E-state index in [2.05, 4.69) is 34.4 Å². The number of carbonyl (C=O) groups excluding carboxylic acids is 1. The van der Waals surface area contributed by atoms with Crippen LogP contribution in [0.3, 0.4) is 0 Å². The molecule has 2 aliphatic carbocycles. The Balaban J connectivity index is 1.32. The topological polar surface area (TPSA) is 82.4 Å². The number of pyridine rings is 2. The Bertz CT molecular complexity index is 1250. The molecule has 0 radical (unpaired) electrons. The van der Waals surface area contributed by atoms with E-state index >= 15 is 0 Å². The number of ether oxygens (including phenoxy) is 1. The van der Waals surface area contributed by atoms with Crippen molar-refractivity contribution in [3.05, 3.63) is 47.4 Å². The van der Waals surface area contributed by atoms with Gasteiger partial charge in [0, 0.05) is 43.9 Å². The Morgan fingerprint density at radius 2 is 2.11 bits per heavy atom. The zero-order chi connectivity index (χ0) is 25.5. The molecule has 2 saturated heterocycles. The fourth-order valence-electron chi connectivity index (χ4n) is 6.12. The lowest BCUT2D eigenvalue weighted by molar-refractivity contribution is -0.136. The molecule has 0 bridgehead atoms. The van der Waals surface area contributed by atoms with Crippen LogP contribution in [-0.4, -0.2) is 59.2 Å². The summed E-state index contributed by atoms with van der Waals surface area (Å²) in [6.07, 6.45) is 10.7. The molecule has 1 unspecified atom stereocenters. The van der Waals surface area contributed by atoms with Crippen molar-refractivity contribution < 1.29 is 9.53 Å². The fraction of sp³-hybridized carbons (Fsp3) is 0.533. The Morgan fingerprint density at radius 3 is 2.78 bits per heavy atom. The normalized spacial score (nSPS) is 23.7. The lowest BCUT2D eigenvalue weighted by Crippen LogP contribution is -2.57. The third kappa shape index (κ3) is 4.75. The predicted octanol–water partition coefficient (Wildman–Crippen LogP) is 4.84. The average molecular weight is 498 g/mol. The number of amides is 1. The van der Waals surface area contributed by atoms with Gasteiger partial charge in [-0.15, -0.1) is 0 Å². The van der Waals surface area contributed by atoms with Gasteiger partial charge in [-0.1, -0.05) is 6.58 Å². The van der Waals surface area contributed by atoms with Crippen LogP contribution >= 0.6 is 0 Å². The van der Waals surface area contributed by atoms with Crippen LogP contribution in [0.25, 0.3) is 17.2 Å². The number of nitriles is 1. The largest absolute Gasteiger partial charge is 0.378 e. The van der Waals surface area contributed by atoms with Gasteiger partial charge in [0.1, 0.15) is 11.9 Å². The molecule has 2 aromatic rings. The molecule has 2 atom stereocenters. The minimum absolute atomic E-state index is 0.0725. The number of hydrogen-bond acceptors (Lipinski definition) is 6. The van der Waals surface area contributed by atoms with Gasteiger partial charge in [0.15, 0.2) is 0 Å². The highest BCUT2D eigenvalue weighted by Crippen LogP contribution is 2.47. The average Bonchev–Trinajstić information content (AvgIpc) is 3.86. The maximum Gasteiger partial charge on any atom is 0.225 e. The number of aromatic nitrogens is 2. The highest BCUT2D eigenvalue weighted by Gasteiger charge is 2.42. The van der Waals surface area contributed by atoms with Gasteiger partial charge in [-0.2, -0.15) is 5.26 Å². The van der Waals surface area contributed by atoms with Crippen LogP contribution in [0.2, 0.25) is 0 Å². The highest BCUT2D eigenvalue weighted by atomic mass is 16.5. The van der Waals surface area contributed by atoms with Crippen LogP contribution in [0, 0.1) is 24.2 Å². The number of carbonyl (C=O) groups is 1. The molecule has 2 aliphatic heterocycles. The molecule has 192 valence electrons. The van der Waals surface area contributed by atoms with E-state index in [1.807, 2.05) is 12.1 Å². The van der Waals surface area contributed by atoms with Crippen molar-refractivity contribution in [2.45, 2.75) is 69.9 Å². The van der Waals surface area contributed by atoms with Crippen LogP contribution in [0.15, 0.2) is 24.9 Å². The molecule has 4 fully saturated rings. The minimum Gasteiger partial charge on any atom is -0.378 e. The van der Waals surface area contributed by atoms with Crippen molar-refractivity contribution >= 4 is 17.8 Å². The zero-order valence-corrected chi connectivity index (χ0v) is 21.7. The number of nitrogens with zero attached hydrogens (tertiary/aromatic N) is 5. The summed E-state index contributed by atoms with van der Waals surface area (Å²) in [5.41, 5.74) is 5.64. The van der Waals surface area contributed by atoms with E-state index in [0.717, 1.165) is 72.7 Å². The van der Waals surface area contributed by atoms with Gasteiger partial charge < -0.3 is 14.5 Å². The molecule has 2 aromatic heterocycles. The molecule has 0 N–H and O–H groups in total. The van der Waals surface area contributed by atoms with E-state index in [9.17, 15) is 10.1 Å². The van der Waals surface area contributed by atoms with Gasteiger partial charge in [0.2, 0.25) is 5.91 Å². The second kappa shape index (κ2) is 9.90. The summed E-state index contributed by atoms with van der Waals surface area (Å²) in [5.74, 6) is 1.98. The van der Waals surface area contributed by atoms with Gasteiger partial charge in [0.25, 0.3) is 0 Å². The Kier molecular flexibility index (Phi) is 6.46. The predicted molar refractivity (Wildman–Crippen MR) is 143 cm³/mol. The lowest BCUT2D eigenvalue weighted by atomic mass is 9.93. The zero-order valence-electron chi connectivity index (χ0n) is 21.7. The molecule has 6 rings (SSSR count). The van der Waals surface area contributed by atoms with Crippen molar-refractivity contribution in [2.24, 2.45) is 5.92 Å². The van der Waals surface area contributed by atoms with Gasteiger partial charge in [-0.05, 0) is 80.7 Å². The Labute approximate surface area is 219 Å². The maximum absolute atomic E-state index is 13.3. The first-order chi connectivity index (χ1) is 18.1. The third-order valence-electron chi connectivity index (χ3n) is 8.44. The van der Waals surface area contributed by atoms with Crippen molar-refractivity contribution in [3.63, 3.8) is 0 Å². The molecule has 0 aromatic carbocycles. The van der Waals surface area contributed by atoms with Crippen molar-refractivity contribution in [1.29, 1.82) is 5.26 Å². The molecule has 1 amide bonds. The van der Waals surface area contributed by atoms with Crippen LogP contribution in [-0.2, 0) is 9.53 Å². The van der Waals surface area contributed by atoms with Crippen molar-refractivity contribution in [1.82, 2.24) is 14.9 Å². The molecule has 37 heavy (non-hydrogen) atoms. The molecule has 4 heterocycles. The van der Waals surface area contributed by atoms with Gasteiger partial charge in [0.05, 0.1) is 35.5 Å². The quantitative estimate of drug-likeness (QED) is 0.544. The van der Waals surface area contributed by atoms with E-state index in [4.69, 9.17) is 9.72 Å². The van der Waals surface area contributed by atoms with Crippen molar-refractivity contribution in [2.75, 3.05) is 31.1 Å². The summed E-state index contributed by atoms with van der Waals surface area (Å²) in [6.45, 7) is 8.80. The monoisotopic (exact) mass is 497 g/mol. The Hall–Kier alpha value is -3.24. The second-order valence-electron chi connectivity index (χ2n) is 11.0. The first-order valence-electron chi connectivity index (χ1n) is 13.8. The van der Waals surface area contributed by atoms with Crippen molar-refractivity contribution in [3.8, 4) is 17.2 Å². The molecule has 0 spiro atoms. The van der Waals surface area contributed by atoms with E-state index in [0.29, 0.717) is 36.9 Å².